The molecule has 1 aromatic carbocycles. The first kappa shape index (κ1) is 16.1. The van der Waals surface area contributed by atoms with Gasteiger partial charge in [-0.15, -0.1) is 0 Å². The summed E-state index contributed by atoms with van der Waals surface area (Å²) in [6, 6.07) is 4.27. The zero-order chi connectivity index (χ0) is 14.6. The second kappa shape index (κ2) is 6.47. The van der Waals surface area contributed by atoms with E-state index in [2.05, 4.69) is 15.9 Å². The first-order valence-electron chi connectivity index (χ1n) is 5.34. The number of amides is 1. The van der Waals surface area contributed by atoms with E-state index >= 15 is 0 Å². The van der Waals surface area contributed by atoms with Crippen molar-refractivity contribution in [3.05, 3.63) is 28.2 Å². The predicted octanol–water partition coefficient (Wildman–Crippen LogP) is 0.815. The van der Waals surface area contributed by atoms with Crippen molar-refractivity contribution in [2.45, 2.75) is 4.90 Å². The summed E-state index contributed by atoms with van der Waals surface area (Å²) in [6.45, 7) is 0.816. The molecule has 0 atom stereocenters. The van der Waals surface area contributed by atoms with Crippen molar-refractivity contribution in [2.24, 2.45) is 5.14 Å². The third-order valence-corrected chi connectivity index (χ3v) is 4.37. The molecule has 0 bridgehead atoms. The molecule has 6 nitrogen and oxygen atoms in total. The molecule has 0 saturated heterocycles. The van der Waals surface area contributed by atoms with Crippen molar-refractivity contribution >= 4 is 31.9 Å². The van der Waals surface area contributed by atoms with E-state index in [1.807, 2.05) is 0 Å². The van der Waals surface area contributed by atoms with Gasteiger partial charge in [0, 0.05) is 30.7 Å². The summed E-state index contributed by atoms with van der Waals surface area (Å²) in [7, 11) is -0.725. The van der Waals surface area contributed by atoms with Crippen LogP contribution in [0, 0.1) is 0 Å². The summed E-state index contributed by atoms with van der Waals surface area (Å²) in [5.41, 5.74) is 0.255. The highest BCUT2D eigenvalue weighted by atomic mass is 79.9. The third kappa shape index (κ3) is 4.27. The molecule has 8 heteroatoms. The number of benzene rings is 1. The summed E-state index contributed by atoms with van der Waals surface area (Å²) >= 11 is 3.09. The molecule has 0 radical (unpaired) electrons. The molecular formula is C11H15BrN2O4S. The van der Waals surface area contributed by atoms with E-state index in [0.717, 1.165) is 0 Å². The highest BCUT2D eigenvalue weighted by molar-refractivity contribution is 9.10. The smallest absolute Gasteiger partial charge is 0.253 e. The van der Waals surface area contributed by atoms with Gasteiger partial charge >= 0.3 is 0 Å². The second-order valence-electron chi connectivity index (χ2n) is 3.91. The summed E-state index contributed by atoms with van der Waals surface area (Å²) in [4.78, 5) is 13.4. The number of hydrogen-bond donors (Lipinski definition) is 1. The van der Waals surface area contributed by atoms with Gasteiger partial charge in [0.25, 0.3) is 5.91 Å². The molecule has 0 saturated carbocycles. The number of nitrogens with zero attached hydrogens (tertiary/aromatic N) is 1. The number of nitrogens with two attached hydrogens (primary N) is 1. The van der Waals surface area contributed by atoms with Gasteiger partial charge in [-0.2, -0.15) is 0 Å². The quantitative estimate of drug-likeness (QED) is 0.850. The van der Waals surface area contributed by atoms with Gasteiger partial charge in [0.2, 0.25) is 10.0 Å². The first-order chi connectivity index (χ1) is 8.77. The van der Waals surface area contributed by atoms with E-state index in [1.165, 1.54) is 30.2 Å². The summed E-state index contributed by atoms with van der Waals surface area (Å²) in [5, 5.41) is 5.08. The number of primary sulfonamides is 1. The lowest BCUT2D eigenvalue weighted by atomic mass is 10.2. The third-order valence-electron chi connectivity index (χ3n) is 2.46. The Bertz CT molecular complexity index is 574. The molecular weight excluding hydrogens is 336 g/mol. The van der Waals surface area contributed by atoms with E-state index in [9.17, 15) is 13.2 Å². The largest absolute Gasteiger partial charge is 0.383 e. The molecule has 0 heterocycles. The van der Waals surface area contributed by atoms with Gasteiger partial charge in [-0.25, -0.2) is 13.6 Å². The molecule has 2 N–H and O–H groups in total. The molecule has 0 unspecified atom stereocenters. The molecule has 106 valence electrons. The van der Waals surface area contributed by atoms with Crippen molar-refractivity contribution in [2.75, 3.05) is 27.3 Å². The Morgan fingerprint density at radius 1 is 1.47 bits per heavy atom. The summed E-state index contributed by atoms with van der Waals surface area (Å²) in [5.74, 6) is -0.297. The van der Waals surface area contributed by atoms with Crippen LogP contribution in [0.3, 0.4) is 0 Å². The maximum atomic E-state index is 12.1. The fourth-order valence-corrected chi connectivity index (χ4v) is 2.96. The van der Waals surface area contributed by atoms with Crippen LogP contribution in [-0.2, 0) is 14.8 Å². The average Bonchev–Trinajstić information content (AvgIpc) is 2.34. The number of carbonyl (C=O) groups excluding carboxylic acids is 1. The molecule has 0 aliphatic carbocycles. The Kier molecular flexibility index (Phi) is 5.48. The molecule has 1 rings (SSSR count). The molecule has 1 amide bonds. The van der Waals surface area contributed by atoms with E-state index in [4.69, 9.17) is 9.88 Å². The standard InChI is InChI=1S/C11H15BrN2O4S/c1-14(5-6-18-2)11(15)8-3-4-9(12)10(7-8)19(13,16)17/h3-4,7H,5-6H2,1-2H3,(H2,13,16,17). The van der Waals surface area contributed by atoms with Gasteiger partial charge in [-0.05, 0) is 34.1 Å². The maximum Gasteiger partial charge on any atom is 0.253 e. The average molecular weight is 351 g/mol. The number of sulfonamides is 1. The normalized spacial score (nSPS) is 11.4. The Hall–Kier alpha value is -0.960. The van der Waals surface area contributed by atoms with Crippen molar-refractivity contribution in [1.29, 1.82) is 0 Å². The highest BCUT2D eigenvalue weighted by Crippen LogP contribution is 2.22. The first-order valence-corrected chi connectivity index (χ1v) is 7.68. The number of carbonyl (C=O) groups is 1. The highest BCUT2D eigenvalue weighted by Gasteiger charge is 2.18. The van der Waals surface area contributed by atoms with Gasteiger partial charge in [-0.3, -0.25) is 4.79 Å². The van der Waals surface area contributed by atoms with Crippen LogP contribution in [0.1, 0.15) is 10.4 Å². The number of likely N-dealkylation sites (N-methyl/N-ethyl adjacent to an activating group) is 1. The van der Waals surface area contributed by atoms with Crippen LogP contribution in [0.25, 0.3) is 0 Å². The lowest BCUT2D eigenvalue weighted by Gasteiger charge is -2.17. The molecule has 0 fully saturated rings. The zero-order valence-corrected chi connectivity index (χ0v) is 13.0. The SMILES string of the molecule is COCCN(C)C(=O)c1ccc(Br)c(S(N)(=O)=O)c1. The summed E-state index contributed by atoms with van der Waals surface area (Å²) < 4.78 is 28.0. The topological polar surface area (TPSA) is 89.7 Å². The van der Waals surface area contributed by atoms with Crippen LogP contribution in [0.15, 0.2) is 27.6 Å². The van der Waals surface area contributed by atoms with Crippen molar-refractivity contribution in [1.82, 2.24) is 4.90 Å². The van der Waals surface area contributed by atoms with E-state index < -0.39 is 10.0 Å². The van der Waals surface area contributed by atoms with Crippen LogP contribution >= 0.6 is 15.9 Å². The Balaban J connectivity index is 3.06. The van der Waals surface area contributed by atoms with E-state index in [-0.39, 0.29) is 16.4 Å². The lowest BCUT2D eigenvalue weighted by Crippen LogP contribution is -2.30. The fraction of sp³-hybridized carbons (Fsp3) is 0.364. The van der Waals surface area contributed by atoms with Gasteiger partial charge in [0.05, 0.1) is 11.5 Å². The Morgan fingerprint density at radius 2 is 2.11 bits per heavy atom. The Labute approximate surface area is 120 Å². The van der Waals surface area contributed by atoms with Crippen LogP contribution in [-0.4, -0.2) is 46.5 Å². The number of ether oxygens (including phenoxy) is 1. The summed E-state index contributed by atoms with van der Waals surface area (Å²) in [6.07, 6.45) is 0. The van der Waals surface area contributed by atoms with Gasteiger partial charge in [0.15, 0.2) is 0 Å². The monoisotopic (exact) mass is 350 g/mol. The van der Waals surface area contributed by atoms with Crippen molar-refractivity contribution < 1.29 is 17.9 Å². The molecule has 0 spiro atoms. The van der Waals surface area contributed by atoms with Gasteiger partial charge in [0.1, 0.15) is 0 Å². The minimum Gasteiger partial charge on any atom is -0.383 e. The van der Waals surface area contributed by atoms with Gasteiger partial charge in [-0.1, -0.05) is 0 Å². The minimum atomic E-state index is -3.87. The van der Waals surface area contributed by atoms with Crippen LogP contribution < -0.4 is 5.14 Å². The minimum absolute atomic E-state index is 0.113. The number of methoxy groups -OCH3 is 1. The maximum absolute atomic E-state index is 12.1. The number of hydrogen-bond acceptors (Lipinski definition) is 4. The fourth-order valence-electron chi connectivity index (χ4n) is 1.40. The number of halogens is 1. The second-order valence-corrected chi connectivity index (χ2v) is 6.29. The lowest BCUT2D eigenvalue weighted by molar-refractivity contribution is 0.0744. The van der Waals surface area contributed by atoms with Crippen LogP contribution in [0.4, 0.5) is 0 Å². The Morgan fingerprint density at radius 3 is 2.63 bits per heavy atom. The van der Waals surface area contributed by atoms with Crippen molar-refractivity contribution in [3.63, 3.8) is 0 Å². The zero-order valence-electron chi connectivity index (χ0n) is 10.6. The van der Waals surface area contributed by atoms with Crippen LogP contribution in [0.2, 0.25) is 0 Å². The van der Waals surface area contributed by atoms with Crippen molar-refractivity contribution in [3.8, 4) is 0 Å². The predicted molar refractivity (Wildman–Crippen MR) is 74.4 cm³/mol. The van der Waals surface area contributed by atoms with Gasteiger partial charge < -0.3 is 9.64 Å². The molecule has 0 aliphatic heterocycles. The number of rotatable bonds is 5. The van der Waals surface area contributed by atoms with E-state index in [1.54, 1.807) is 7.05 Å². The molecule has 0 aliphatic rings. The molecule has 19 heavy (non-hydrogen) atoms. The van der Waals surface area contributed by atoms with E-state index in [0.29, 0.717) is 17.6 Å². The van der Waals surface area contributed by atoms with Crippen LogP contribution in [0.5, 0.6) is 0 Å². The molecule has 1 aromatic rings. The molecule has 0 aromatic heterocycles.